The second-order valence-corrected chi connectivity index (χ2v) is 6.21. The van der Waals surface area contributed by atoms with Gasteiger partial charge >= 0.3 is 6.18 Å². The molecule has 0 saturated carbocycles. The van der Waals surface area contributed by atoms with Crippen LogP contribution in [0.4, 0.5) is 19.1 Å². The summed E-state index contributed by atoms with van der Waals surface area (Å²) in [6, 6.07) is 4.91. The van der Waals surface area contributed by atoms with E-state index in [1.165, 1.54) is 29.4 Å². The number of nitrogens with zero attached hydrogens (tertiary/aromatic N) is 4. The Morgan fingerprint density at radius 3 is 2.50 bits per heavy atom. The molecule has 0 aliphatic carbocycles. The van der Waals surface area contributed by atoms with Crippen LogP contribution < -0.4 is 5.73 Å². The van der Waals surface area contributed by atoms with E-state index in [1.807, 2.05) is 0 Å². The van der Waals surface area contributed by atoms with Crippen molar-refractivity contribution in [3.8, 4) is 11.1 Å². The van der Waals surface area contributed by atoms with Crippen molar-refractivity contribution >= 4 is 39.4 Å². The van der Waals surface area contributed by atoms with E-state index in [0.717, 1.165) is 0 Å². The number of aromatic nitrogens is 4. The lowest BCUT2D eigenvalue weighted by molar-refractivity contribution is -0.139. The van der Waals surface area contributed by atoms with Gasteiger partial charge in [-0.25, -0.2) is 9.97 Å². The molecule has 0 aliphatic heterocycles. The van der Waals surface area contributed by atoms with Crippen molar-refractivity contribution in [3.63, 3.8) is 0 Å². The summed E-state index contributed by atoms with van der Waals surface area (Å²) in [5.41, 5.74) is 7.29. The van der Waals surface area contributed by atoms with Crippen LogP contribution in [0, 0.1) is 0 Å². The molecule has 26 heavy (non-hydrogen) atoms. The Balaban J connectivity index is 2.13. The number of fused-ring (bicyclic) bond motifs is 3. The molecule has 0 spiro atoms. The molecular weight excluding hydrogens is 367 g/mol. The SMILES string of the molecule is Nc1ncc(-c2cc(Cl)cc3c4ccncc4n(CC(F)(F)F)c23)cn1. The van der Waals surface area contributed by atoms with E-state index in [4.69, 9.17) is 17.3 Å². The van der Waals surface area contributed by atoms with Crippen LogP contribution in [0.2, 0.25) is 5.02 Å². The number of pyridine rings is 1. The Labute approximate surface area is 150 Å². The Bertz CT molecular complexity index is 1120. The number of hydrogen-bond donors (Lipinski definition) is 1. The van der Waals surface area contributed by atoms with Crippen molar-refractivity contribution in [1.29, 1.82) is 0 Å². The summed E-state index contributed by atoms with van der Waals surface area (Å²) in [4.78, 5) is 11.8. The monoisotopic (exact) mass is 377 g/mol. The normalized spacial score (nSPS) is 12.2. The van der Waals surface area contributed by atoms with Crippen LogP contribution in [0.3, 0.4) is 0 Å². The topological polar surface area (TPSA) is 69.6 Å². The number of nitrogens with two attached hydrogens (primary N) is 1. The molecule has 4 rings (SSSR count). The molecule has 2 N–H and O–H groups in total. The molecule has 9 heteroatoms. The van der Waals surface area contributed by atoms with E-state index in [-0.39, 0.29) is 5.95 Å². The highest BCUT2D eigenvalue weighted by molar-refractivity contribution is 6.32. The third-order valence-corrected chi connectivity index (χ3v) is 4.26. The quantitative estimate of drug-likeness (QED) is 0.560. The fraction of sp³-hybridized carbons (Fsp3) is 0.118. The van der Waals surface area contributed by atoms with Gasteiger partial charge in [-0.3, -0.25) is 4.98 Å². The second-order valence-electron chi connectivity index (χ2n) is 5.77. The van der Waals surface area contributed by atoms with Crippen molar-refractivity contribution in [2.75, 3.05) is 5.73 Å². The summed E-state index contributed by atoms with van der Waals surface area (Å²) in [7, 11) is 0. The lowest BCUT2D eigenvalue weighted by atomic mass is 10.0. The lowest BCUT2D eigenvalue weighted by Gasteiger charge is -2.13. The molecule has 0 fully saturated rings. The van der Waals surface area contributed by atoms with Gasteiger partial charge in [0.05, 0.1) is 17.2 Å². The molecule has 0 amide bonds. The Hall–Kier alpha value is -2.87. The summed E-state index contributed by atoms with van der Waals surface area (Å²) in [6.07, 6.45) is 1.47. The maximum atomic E-state index is 13.2. The predicted molar refractivity (Wildman–Crippen MR) is 93.7 cm³/mol. The van der Waals surface area contributed by atoms with E-state index in [9.17, 15) is 13.2 Å². The number of anilines is 1. The van der Waals surface area contributed by atoms with E-state index in [2.05, 4.69) is 15.0 Å². The second kappa shape index (κ2) is 5.84. The van der Waals surface area contributed by atoms with E-state index >= 15 is 0 Å². The van der Waals surface area contributed by atoms with Crippen molar-refractivity contribution < 1.29 is 13.2 Å². The van der Waals surface area contributed by atoms with E-state index < -0.39 is 12.7 Å². The number of rotatable bonds is 2. The lowest BCUT2D eigenvalue weighted by Crippen LogP contribution is -2.17. The zero-order chi connectivity index (χ0) is 18.5. The molecular formula is C17H11ClF3N5. The van der Waals surface area contributed by atoms with Crippen LogP contribution in [-0.2, 0) is 6.54 Å². The fourth-order valence-electron chi connectivity index (χ4n) is 3.09. The smallest absolute Gasteiger partial charge is 0.368 e. The third kappa shape index (κ3) is 2.82. The van der Waals surface area contributed by atoms with Gasteiger partial charge < -0.3 is 10.3 Å². The van der Waals surface area contributed by atoms with Gasteiger partial charge in [0, 0.05) is 45.5 Å². The Morgan fingerprint density at radius 1 is 1.08 bits per heavy atom. The van der Waals surface area contributed by atoms with Gasteiger partial charge in [-0.1, -0.05) is 11.6 Å². The van der Waals surface area contributed by atoms with Gasteiger partial charge in [-0.2, -0.15) is 13.2 Å². The van der Waals surface area contributed by atoms with Gasteiger partial charge in [0.15, 0.2) is 0 Å². The highest BCUT2D eigenvalue weighted by Crippen LogP contribution is 2.39. The Kier molecular flexibility index (Phi) is 3.73. The minimum atomic E-state index is -4.40. The average Bonchev–Trinajstić information content (AvgIpc) is 2.88. The summed E-state index contributed by atoms with van der Waals surface area (Å²) in [5.74, 6) is 0.0760. The number of hydrogen-bond acceptors (Lipinski definition) is 4. The molecule has 4 aromatic rings. The molecule has 0 aliphatic rings. The van der Waals surface area contributed by atoms with Gasteiger partial charge in [-0.05, 0) is 18.2 Å². The molecule has 5 nitrogen and oxygen atoms in total. The highest BCUT2D eigenvalue weighted by atomic mass is 35.5. The third-order valence-electron chi connectivity index (χ3n) is 4.05. The number of benzene rings is 1. The summed E-state index contributed by atoms with van der Waals surface area (Å²) < 4.78 is 40.9. The minimum absolute atomic E-state index is 0.0760. The average molecular weight is 378 g/mol. The first kappa shape index (κ1) is 16.6. The van der Waals surface area contributed by atoms with Crippen molar-refractivity contribution in [2.45, 2.75) is 12.7 Å². The van der Waals surface area contributed by atoms with Gasteiger partial charge in [0.25, 0.3) is 0 Å². The zero-order valence-corrected chi connectivity index (χ0v) is 13.9. The highest BCUT2D eigenvalue weighted by Gasteiger charge is 2.30. The standard InChI is InChI=1S/C17H11ClF3N5/c18-10-3-12(9-5-24-16(22)25-6-9)15-13(4-10)11-1-2-23-7-14(11)26(15)8-17(19,20)21/h1-7H,8H2,(H2,22,24,25). The van der Waals surface area contributed by atoms with Crippen molar-refractivity contribution in [3.05, 3.63) is 48.0 Å². The summed E-state index contributed by atoms with van der Waals surface area (Å²) in [6.45, 7) is -1.15. The number of nitrogen functional groups attached to an aromatic ring is 1. The van der Waals surface area contributed by atoms with Crippen LogP contribution in [0.1, 0.15) is 0 Å². The van der Waals surface area contributed by atoms with Crippen molar-refractivity contribution in [2.24, 2.45) is 0 Å². The van der Waals surface area contributed by atoms with Crippen LogP contribution in [0.15, 0.2) is 43.0 Å². The molecule has 1 aromatic carbocycles. The first-order chi connectivity index (χ1) is 12.3. The maximum Gasteiger partial charge on any atom is 0.406 e. The van der Waals surface area contributed by atoms with E-state index in [0.29, 0.717) is 38.0 Å². The molecule has 0 unspecified atom stereocenters. The largest absolute Gasteiger partial charge is 0.406 e. The fourth-order valence-corrected chi connectivity index (χ4v) is 3.30. The minimum Gasteiger partial charge on any atom is -0.368 e. The van der Waals surface area contributed by atoms with Gasteiger partial charge in [-0.15, -0.1) is 0 Å². The van der Waals surface area contributed by atoms with Gasteiger partial charge in [0.2, 0.25) is 5.95 Å². The summed E-state index contributed by atoms with van der Waals surface area (Å²) >= 11 is 6.24. The molecule has 3 aromatic heterocycles. The molecule has 0 bridgehead atoms. The summed E-state index contributed by atoms with van der Waals surface area (Å²) in [5, 5.41) is 1.64. The van der Waals surface area contributed by atoms with Crippen LogP contribution in [0.25, 0.3) is 32.9 Å². The Morgan fingerprint density at radius 2 is 1.81 bits per heavy atom. The molecule has 0 saturated heterocycles. The van der Waals surface area contributed by atoms with E-state index in [1.54, 1.807) is 18.2 Å². The van der Waals surface area contributed by atoms with Crippen LogP contribution >= 0.6 is 11.6 Å². The maximum absolute atomic E-state index is 13.2. The number of alkyl halides is 3. The van der Waals surface area contributed by atoms with Crippen LogP contribution in [0.5, 0.6) is 0 Å². The molecule has 3 heterocycles. The first-order valence-corrected chi connectivity index (χ1v) is 7.91. The zero-order valence-electron chi connectivity index (χ0n) is 13.1. The van der Waals surface area contributed by atoms with Crippen LogP contribution in [-0.4, -0.2) is 25.7 Å². The number of halogens is 4. The first-order valence-electron chi connectivity index (χ1n) is 7.53. The van der Waals surface area contributed by atoms with Crippen molar-refractivity contribution in [1.82, 2.24) is 19.5 Å². The molecule has 0 atom stereocenters. The molecule has 132 valence electrons. The molecule has 0 radical (unpaired) electrons. The van der Waals surface area contributed by atoms with Gasteiger partial charge in [0.1, 0.15) is 6.54 Å². The predicted octanol–water partition coefficient (Wildman–Crippen LogP) is 4.44.